The van der Waals surface area contributed by atoms with Crippen LogP contribution in [0.2, 0.25) is 5.02 Å². The lowest BCUT2D eigenvalue weighted by molar-refractivity contribution is 0.0839. The van der Waals surface area contributed by atoms with Crippen LogP contribution in [0.4, 0.5) is 0 Å². The molecule has 0 aliphatic carbocycles. The maximum Gasteiger partial charge on any atom is 0.276 e. The zero-order valence-electron chi connectivity index (χ0n) is 11.6. The van der Waals surface area contributed by atoms with E-state index in [9.17, 15) is 4.79 Å². The Labute approximate surface area is 145 Å². The summed E-state index contributed by atoms with van der Waals surface area (Å²) in [5, 5.41) is 8.82. The second-order valence-electron chi connectivity index (χ2n) is 4.37. The van der Waals surface area contributed by atoms with Crippen molar-refractivity contribution in [3.05, 3.63) is 35.0 Å². The number of nitrogens with one attached hydrogen (secondary N) is 2. The Bertz CT molecular complexity index is 658. The van der Waals surface area contributed by atoms with Crippen LogP contribution in [0.1, 0.15) is 16.9 Å². The lowest BCUT2D eigenvalue weighted by atomic mass is 10.2. The molecule has 0 radical (unpaired) electrons. The first-order valence-electron chi connectivity index (χ1n) is 6.17. The summed E-state index contributed by atoms with van der Waals surface area (Å²) in [5.41, 5.74) is 12.0. The number of aromatic amines is 1. The predicted octanol–water partition coefficient (Wildman–Crippen LogP) is 2.35. The summed E-state index contributed by atoms with van der Waals surface area (Å²) in [4.78, 5) is 16.5. The van der Waals surface area contributed by atoms with E-state index < -0.39 is 0 Å². The van der Waals surface area contributed by atoms with Gasteiger partial charge in [-0.2, -0.15) is 0 Å². The van der Waals surface area contributed by atoms with Crippen LogP contribution in [0.25, 0.3) is 10.9 Å². The number of carbonyl (C=O) groups excluding carboxylic acids is 1. The number of rotatable bonds is 4. The topological polar surface area (TPSA) is 112 Å². The first-order chi connectivity index (χ1) is 9.54. The number of halogens is 3. The quantitative estimate of drug-likeness (QED) is 0.492. The Balaban J connectivity index is 0.00000220. The van der Waals surface area contributed by atoms with Gasteiger partial charge in [-0.1, -0.05) is 17.7 Å². The van der Waals surface area contributed by atoms with Gasteiger partial charge in [0.2, 0.25) is 0 Å². The van der Waals surface area contributed by atoms with Gasteiger partial charge in [0.15, 0.2) is 5.96 Å². The first-order valence-corrected chi connectivity index (χ1v) is 6.55. The van der Waals surface area contributed by atoms with Crippen LogP contribution in [0, 0.1) is 5.41 Å². The van der Waals surface area contributed by atoms with E-state index in [4.69, 9.17) is 28.5 Å². The number of hydrogen-bond donors (Lipinski definition) is 4. The maximum atomic E-state index is 12.4. The number of guanidine groups is 1. The van der Waals surface area contributed by atoms with Gasteiger partial charge in [0, 0.05) is 22.5 Å². The highest BCUT2D eigenvalue weighted by atomic mass is 35.5. The highest BCUT2D eigenvalue weighted by Crippen LogP contribution is 2.24. The van der Waals surface area contributed by atoms with Crippen LogP contribution in [-0.2, 0) is 0 Å². The number of hydrogen-bond acceptors (Lipinski definition) is 3. The first kappa shape index (κ1) is 20.5. The Morgan fingerprint density at radius 1 is 1.36 bits per heavy atom. The summed E-state index contributed by atoms with van der Waals surface area (Å²) in [6.45, 7) is 0.739. The van der Waals surface area contributed by atoms with E-state index >= 15 is 0 Å². The Morgan fingerprint density at radius 2 is 2.05 bits per heavy atom. The Morgan fingerprint density at radius 3 is 2.59 bits per heavy atom. The molecule has 9 heteroatoms. The van der Waals surface area contributed by atoms with Crippen molar-refractivity contribution >= 4 is 59.2 Å². The fourth-order valence-corrected chi connectivity index (χ4v) is 2.19. The predicted molar refractivity (Wildman–Crippen MR) is 94.4 cm³/mol. The van der Waals surface area contributed by atoms with Gasteiger partial charge in [0.1, 0.15) is 5.69 Å². The van der Waals surface area contributed by atoms with Gasteiger partial charge in [-0.3, -0.25) is 15.1 Å². The number of nitrogens with two attached hydrogens (primary N) is 2. The summed E-state index contributed by atoms with van der Waals surface area (Å²) < 4.78 is 0. The van der Waals surface area contributed by atoms with Gasteiger partial charge in [-0.05, 0) is 31.2 Å². The van der Waals surface area contributed by atoms with Gasteiger partial charge in [-0.25, -0.2) is 0 Å². The van der Waals surface area contributed by atoms with Crippen LogP contribution in [0.15, 0.2) is 24.3 Å². The van der Waals surface area contributed by atoms with Crippen LogP contribution in [0.3, 0.4) is 0 Å². The molecule has 0 fully saturated rings. The molecule has 0 saturated heterocycles. The molecule has 122 valence electrons. The van der Waals surface area contributed by atoms with Crippen LogP contribution >= 0.6 is 36.4 Å². The summed E-state index contributed by atoms with van der Waals surface area (Å²) in [6, 6.07) is 7.05. The minimum Gasteiger partial charge on any atom is -0.370 e. The van der Waals surface area contributed by atoms with Crippen molar-refractivity contribution < 1.29 is 4.79 Å². The third-order valence-electron chi connectivity index (χ3n) is 2.96. The average molecular weight is 367 g/mol. The van der Waals surface area contributed by atoms with E-state index in [1.54, 1.807) is 18.2 Å². The minimum absolute atomic E-state index is 0. The number of aromatic nitrogens is 1. The van der Waals surface area contributed by atoms with Crippen molar-refractivity contribution in [1.82, 2.24) is 9.88 Å². The monoisotopic (exact) mass is 365 g/mol. The molecule has 1 heterocycles. The van der Waals surface area contributed by atoms with E-state index in [1.807, 2.05) is 6.07 Å². The highest BCUT2D eigenvalue weighted by molar-refractivity contribution is 6.35. The molecule has 1 aromatic carbocycles. The number of amides is 1. The van der Waals surface area contributed by atoms with Gasteiger partial charge in [-0.15, -0.1) is 24.8 Å². The molecule has 1 amide bonds. The van der Waals surface area contributed by atoms with Crippen LogP contribution in [0.5, 0.6) is 0 Å². The number of fused-ring (bicyclic) bond motifs is 1. The lowest BCUT2D eigenvalue weighted by Crippen LogP contribution is -2.42. The van der Waals surface area contributed by atoms with Crippen molar-refractivity contribution in [2.75, 3.05) is 13.1 Å². The molecule has 2 rings (SSSR count). The number of nitrogens with zero attached hydrogens (tertiary/aromatic N) is 1. The van der Waals surface area contributed by atoms with Gasteiger partial charge < -0.3 is 16.5 Å². The molecule has 0 aliphatic rings. The van der Waals surface area contributed by atoms with Crippen molar-refractivity contribution in [1.29, 1.82) is 5.41 Å². The second-order valence-corrected chi connectivity index (χ2v) is 4.78. The van der Waals surface area contributed by atoms with Gasteiger partial charge in [0.05, 0.1) is 0 Å². The number of H-pyrrole nitrogens is 1. The summed E-state index contributed by atoms with van der Waals surface area (Å²) >= 11 is 6.07. The minimum atomic E-state index is -0.363. The molecule has 0 spiro atoms. The molecular formula is C13H18Cl3N5O. The number of benzene rings is 1. The van der Waals surface area contributed by atoms with Gasteiger partial charge in [0.25, 0.3) is 5.91 Å². The molecule has 0 atom stereocenters. The molecule has 0 saturated carbocycles. The van der Waals surface area contributed by atoms with E-state index in [1.165, 1.54) is 4.90 Å². The fraction of sp³-hybridized carbons (Fsp3) is 0.231. The standard InChI is InChI=1S/C13H16ClN5O.2ClH/c14-9-3-1-4-10-8(9)7-11(18-10)12(20)19(13(16)17)6-2-5-15;;/h1,3-4,7,18H,2,5-6,15H2,(H3,16,17);2*1H. The SMILES string of the molecule is Cl.Cl.N=C(N)N(CCCN)C(=O)c1cc2c(Cl)cccc2[nH]1. The molecule has 6 nitrogen and oxygen atoms in total. The number of carbonyl (C=O) groups is 1. The maximum absolute atomic E-state index is 12.4. The molecule has 1 aromatic heterocycles. The van der Waals surface area contributed by atoms with Crippen molar-refractivity contribution in [2.45, 2.75) is 6.42 Å². The van der Waals surface area contributed by atoms with Crippen molar-refractivity contribution in [3.63, 3.8) is 0 Å². The molecule has 6 N–H and O–H groups in total. The molecule has 0 unspecified atom stereocenters. The summed E-state index contributed by atoms with van der Waals surface area (Å²) in [6.07, 6.45) is 0.576. The van der Waals surface area contributed by atoms with Crippen LogP contribution in [-0.4, -0.2) is 34.8 Å². The van der Waals surface area contributed by atoms with Gasteiger partial charge >= 0.3 is 0 Å². The zero-order valence-corrected chi connectivity index (χ0v) is 14.0. The average Bonchev–Trinajstić information content (AvgIpc) is 2.84. The van der Waals surface area contributed by atoms with Crippen molar-refractivity contribution in [3.8, 4) is 0 Å². The van der Waals surface area contributed by atoms with Crippen LogP contribution < -0.4 is 11.5 Å². The molecule has 0 aliphatic heterocycles. The Hall–Kier alpha value is -1.47. The lowest BCUT2D eigenvalue weighted by Gasteiger charge is -2.19. The third kappa shape index (κ3) is 4.27. The Kier molecular flexibility index (Phi) is 8.26. The largest absolute Gasteiger partial charge is 0.370 e. The van der Waals surface area contributed by atoms with E-state index in [2.05, 4.69) is 4.98 Å². The van der Waals surface area contributed by atoms with E-state index in [0.717, 1.165) is 10.9 Å². The zero-order chi connectivity index (χ0) is 14.7. The van der Waals surface area contributed by atoms with Crippen molar-refractivity contribution in [2.24, 2.45) is 11.5 Å². The normalized spacial score (nSPS) is 9.73. The molecular weight excluding hydrogens is 349 g/mol. The smallest absolute Gasteiger partial charge is 0.276 e. The summed E-state index contributed by atoms with van der Waals surface area (Å²) in [7, 11) is 0. The molecule has 22 heavy (non-hydrogen) atoms. The fourth-order valence-electron chi connectivity index (χ4n) is 1.96. The van der Waals surface area contributed by atoms with E-state index in [0.29, 0.717) is 30.2 Å². The highest BCUT2D eigenvalue weighted by Gasteiger charge is 2.20. The second kappa shape index (κ2) is 8.85. The molecule has 2 aromatic rings. The van der Waals surface area contributed by atoms with E-state index in [-0.39, 0.29) is 36.7 Å². The third-order valence-corrected chi connectivity index (χ3v) is 3.29. The molecule has 0 bridgehead atoms. The summed E-state index contributed by atoms with van der Waals surface area (Å²) in [5.74, 6) is -0.661.